The van der Waals surface area contributed by atoms with Gasteiger partial charge in [0.2, 0.25) is 0 Å². The van der Waals surface area contributed by atoms with Crippen molar-refractivity contribution in [3.8, 4) is 0 Å². The van der Waals surface area contributed by atoms with Crippen LogP contribution in [0.15, 0.2) is 24.3 Å². The molecule has 8 heteroatoms. The number of hydrogen-bond donors (Lipinski definition) is 3. The number of nitrogens with one attached hydrogen (secondary N) is 2. The predicted molar refractivity (Wildman–Crippen MR) is 91.3 cm³/mol. The van der Waals surface area contributed by atoms with Gasteiger partial charge in [0, 0.05) is 23.7 Å². The van der Waals surface area contributed by atoms with Crippen LogP contribution in [0.4, 0.5) is 10.6 Å². The Hall–Kier alpha value is -3.16. The second kappa shape index (κ2) is 7.61. The van der Waals surface area contributed by atoms with Crippen LogP contribution in [0.1, 0.15) is 34.1 Å². The lowest BCUT2D eigenvalue weighted by atomic mass is 9.96. The number of carbonyl (C=O) groups is 3. The molecule has 4 N–H and O–H groups in total. The third-order valence-corrected chi connectivity index (χ3v) is 3.64. The Morgan fingerprint density at radius 1 is 1.32 bits per heavy atom. The van der Waals surface area contributed by atoms with Crippen LogP contribution in [0, 0.1) is 13.8 Å². The Bertz CT molecular complexity index is 813. The van der Waals surface area contributed by atoms with Crippen LogP contribution in [0.25, 0.3) is 0 Å². The van der Waals surface area contributed by atoms with Crippen LogP contribution < -0.4 is 11.1 Å². The monoisotopic (exact) mass is 344 g/mol. The van der Waals surface area contributed by atoms with Gasteiger partial charge in [-0.3, -0.25) is 14.7 Å². The Morgan fingerprint density at radius 3 is 2.64 bits per heavy atom. The summed E-state index contributed by atoms with van der Waals surface area (Å²) in [6, 6.07) is 6.92. The lowest BCUT2D eigenvalue weighted by Gasteiger charge is -2.14. The van der Waals surface area contributed by atoms with Crippen LogP contribution in [0.3, 0.4) is 0 Å². The molecule has 0 spiro atoms. The molecule has 0 bridgehead atoms. The zero-order chi connectivity index (χ0) is 18.6. The van der Waals surface area contributed by atoms with Gasteiger partial charge in [0.05, 0.1) is 0 Å². The van der Waals surface area contributed by atoms with Gasteiger partial charge < -0.3 is 15.8 Å². The molecule has 132 valence electrons. The standard InChI is InChI=1S/C17H20N4O4/c1-9-5-4-6-12(8-13(22)11(3)25-17(18)24)15(9)16(23)19-14-7-10(2)20-21-14/h4-7,11H,8H2,1-3H3,(H2,18,24)(H2,19,20,21,23)/t11-/m0/s1. The number of aromatic amines is 1. The number of benzene rings is 1. The van der Waals surface area contributed by atoms with E-state index in [1.54, 1.807) is 31.2 Å². The first-order valence-corrected chi connectivity index (χ1v) is 7.68. The lowest BCUT2D eigenvalue weighted by Crippen LogP contribution is -2.29. The highest BCUT2D eigenvalue weighted by atomic mass is 16.6. The third kappa shape index (κ3) is 4.66. The molecule has 1 atom stereocenters. The van der Waals surface area contributed by atoms with Gasteiger partial charge in [-0.05, 0) is 31.9 Å². The second-order valence-corrected chi connectivity index (χ2v) is 5.72. The maximum Gasteiger partial charge on any atom is 0.405 e. The molecule has 2 rings (SSSR count). The molecule has 1 aromatic carbocycles. The summed E-state index contributed by atoms with van der Waals surface area (Å²) < 4.78 is 4.69. The van der Waals surface area contributed by atoms with Gasteiger partial charge in [-0.2, -0.15) is 5.10 Å². The van der Waals surface area contributed by atoms with E-state index >= 15 is 0 Å². The predicted octanol–water partition coefficient (Wildman–Crippen LogP) is 1.87. The van der Waals surface area contributed by atoms with Gasteiger partial charge in [-0.25, -0.2) is 4.79 Å². The Morgan fingerprint density at radius 2 is 2.04 bits per heavy atom. The molecule has 0 aliphatic heterocycles. The van der Waals surface area contributed by atoms with Gasteiger partial charge in [-0.1, -0.05) is 18.2 Å². The lowest BCUT2D eigenvalue weighted by molar-refractivity contribution is -0.125. The van der Waals surface area contributed by atoms with Gasteiger partial charge in [-0.15, -0.1) is 0 Å². The van der Waals surface area contributed by atoms with Crippen molar-refractivity contribution in [1.82, 2.24) is 10.2 Å². The van der Waals surface area contributed by atoms with E-state index in [0.29, 0.717) is 16.9 Å². The Balaban J connectivity index is 2.22. The summed E-state index contributed by atoms with van der Waals surface area (Å²) >= 11 is 0. The average molecular weight is 344 g/mol. The SMILES string of the molecule is Cc1cc(NC(=O)c2c(C)cccc2CC(=O)[C@H](C)OC(N)=O)n[nH]1. The first-order valence-electron chi connectivity index (χ1n) is 7.68. The number of nitrogens with zero attached hydrogens (tertiary/aromatic N) is 1. The fourth-order valence-corrected chi connectivity index (χ4v) is 2.43. The minimum Gasteiger partial charge on any atom is -0.439 e. The summed E-state index contributed by atoms with van der Waals surface area (Å²) in [5.41, 5.74) is 7.39. The number of H-pyrrole nitrogens is 1. The Labute approximate surface area is 144 Å². The molecule has 0 saturated carbocycles. The average Bonchev–Trinajstić information content (AvgIpc) is 2.91. The molecular formula is C17H20N4O4. The number of amides is 2. The zero-order valence-electron chi connectivity index (χ0n) is 14.3. The van der Waals surface area contributed by atoms with Gasteiger partial charge in [0.25, 0.3) is 5.91 Å². The zero-order valence-corrected chi connectivity index (χ0v) is 14.3. The number of ketones is 1. The molecule has 0 radical (unpaired) electrons. The van der Waals surface area contributed by atoms with Crippen LogP contribution >= 0.6 is 0 Å². The summed E-state index contributed by atoms with van der Waals surface area (Å²) in [4.78, 5) is 35.6. The quantitative estimate of drug-likeness (QED) is 0.737. The van der Waals surface area contributed by atoms with Crippen LogP contribution in [0.2, 0.25) is 0 Å². The van der Waals surface area contributed by atoms with Crippen molar-refractivity contribution in [2.45, 2.75) is 33.3 Å². The van der Waals surface area contributed by atoms with Crippen molar-refractivity contribution < 1.29 is 19.1 Å². The van der Waals surface area contributed by atoms with E-state index in [2.05, 4.69) is 20.3 Å². The summed E-state index contributed by atoms with van der Waals surface area (Å²) in [5.74, 6) is -0.321. The number of aromatic nitrogens is 2. The van der Waals surface area contributed by atoms with Crippen molar-refractivity contribution in [3.63, 3.8) is 0 Å². The van der Waals surface area contributed by atoms with Gasteiger partial charge in [0.1, 0.15) is 0 Å². The highest BCUT2D eigenvalue weighted by Gasteiger charge is 2.21. The number of nitrogens with two attached hydrogens (primary N) is 1. The van der Waals surface area contributed by atoms with E-state index in [0.717, 1.165) is 11.3 Å². The maximum absolute atomic E-state index is 12.6. The van der Waals surface area contributed by atoms with E-state index in [9.17, 15) is 14.4 Å². The third-order valence-electron chi connectivity index (χ3n) is 3.64. The molecule has 0 fully saturated rings. The molecule has 2 amide bonds. The molecule has 1 aromatic heterocycles. The topological polar surface area (TPSA) is 127 Å². The summed E-state index contributed by atoms with van der Waals surface area (Å²) in [5, 5.41) is 9.41. The largest absolute Gasteiger partial charge is 0.439 e. The number of Topliss-reactive ketones (excluding diaryl/α,β-unsaturated/α-hetero) is 1. The van der Waals surface area contributed by atoms with E-state index in [4.69, 9.17) is 5.73 Å². The number of anilines is 1. The molecule has 0 aliphatic rings. The highest BCUT2D eigenvalue weighted by Crippen LogP contribution is 2.18. The smallest absolute Gasteiger partial charge is 0.405 e. The number of carbonyl (C=O) groups excluding carboxylic acids is 3. The van der Waals surface area contributed by atoms with Gasteiger partial charge in [0.15, 0.2) is 17.7 Å². The van der Waals surface area contributed by atoms with E-state index in [1.165, 1.54) is 6.92 Å². The fourth-order valence-electron chi connectivity index (χ4n) is 2.43. The minimum absolute atomic E-state index is 0.0571. The van der Waals surface area contributed by atoms with Crippen molar-refractivity contribution in [2.24, 2.45) is 5.73 Å². The van der Waals surface area contributed by atoms with Crippen LogP contribution in [-0.2, 0) is 16.0 Å². The molecule has 1 heterocycles. The first kappa shape index (κ1) is 18.2. The summed E-state index contributed by atoms with van der Waals surface area (Å²) in [6.45, 7) is 5.04. The number of ether oxygens (including phenoxy) is 1. The summed E-state index contributed by atoms with van der Waals surface area (Å²) in [7, 11) is 0. The number of aryl methyl sites for hydroxylation is 2. The molecule has 2 aromatic rings. The van der Waals surface area contributed by atoms with Crippen molar-refractivity contribution >= 4 is 23.6 Å². The molecule has 25 heavy (non-hydrogen) atoms. The number of rotatable bonds is 6. The van der Waals surface area contributed by atoms with Crippen LogP contribution in [0.5, 0.6) is 0 Å². The first-order chi connectivity index (χ1) is 11.8. The normalized spacial score (nSPS) is 11.6. The molecule has 0 unspecified atom stereocenters. The minimum atomic E-state index is -1.02. The molecular weight excluding hydrogens is 324 g/mol. The maximum atomic E-state index is 12.6. The van der Waals surface area contributed by atoms with Gasteiger partial charge >= 0.3 is 6.09 Å². The Kier molecular flexibility index (Phi) is 5.53. The highest BCUT2D eigenvalue weighted by molar-refractivity contribution is 6.06. The summed E-state index contributed by atoms with van der Waals surface area (Å²) in [6.07, 6.45) is -2.06. The molecule has 0 saturated heterocycles. The van der Waals surface area contributed by atoms with Crippen molar-refractivity contribution in [3.05, 3.63) is 46.6 Å². The second-order valence-electron chi connectivity index (χ2n) is 5.72. The fraction of sp³-hybridized carbons (Fsp3) is 0.294. The van der Waals surface area contributed by atoms with E-state index < -0.39 is 12.2 Å². The molecule has 0 aliphatic carbocycles. The van der Waals surface area contributed by atoms with Crippen molar-refractivity contribution in [2.75, 3.05) is 5.32 Å². The van der Waals surface area contributed by atoms with E-state index in [1.807, 2.05) is 6.92 Å². The van der Waals surface area contributed by atoms with E-state index in [-0.39, 0.29) is 18.1 Å². The molecule has 8 nitrogen and oxygen atoms in total. The number of hydrogen-bond acceptors (Lipinski definition) is 5. The van der Waals surface area contributed by atoms with Crippen LogP contribution in [-0.4, -0.2) is 34.1 Å². The number of primary amides is 1. The van der Waals surface area contributed by atoms with Crippen molar-refractivity contribution in [1.29, 1.82) is 0 Å².